The average molecular weight is 753 g/mol. The van der Waals surface area contributed by atoms with Crippen LogP contribution in [0.15, 0.2) is 78.0 Å². The fourth-order valence-electron chi connectivity index (χ4n) is 5.93. The second-order valence-electron chi connectivity index (χ2n) is 15.0. The predicted octanol–water partition coefficient (Wildman–Crippen LogP) is 7.11. The standard InChI is InChI=1S/C22H23F2N3O5S.C15H19N3O2/c1-22(2,3)32-21(28)26-12-16(13-26)14-7-8-19-15(9-14)11-25-27(19)33(29,30)18-6-4-5-17(10-18)31-20(23)24;1-15(2,3)20-14(19)18-8-12(9-18)10-4-5-13-11(6-10)7-16-17-13/h4-11,16,20H,12-13H2,1-3H3;4-7,12H,8-9H2,1-3H3,(H,16,17). The highest BCUT2D eigenvalue weighted by atomic mass is 32.2. The van der Waals surface area contributed by atoms with E-state index in [1.807, 2.05) is 59.9 Å². The number of amides is 2. The smallest absolute Gasteiger partial charge is 0.410 e. The number of aromatic amines is 1. The van der Waals surface area contributed by atoms with Gasteiger partial charge < -0.3 is 24.0 Å². The third-order valence-corrected chi connectivity index (χ3v) is 10.2. The molecule has 0 bridgehead atoms. The van der Waals surface area contributed by atoms with Crippen LogP contribution < -0.4 is 4.74 Å². The van der Waals surface area contributed by atoms with Crippen LogP contribution in [-0.2, 0) is 19.5 Å². The summed E-state index contributed by atoms with van der Waals surface area (Å²) >= 11 is 0. The van der Waals surface area contributed by atoms with Crippen LogP contribution in [0.2, 0.25) is 0 Å². The Bertz CT molecular complexity index is 2230. The van der Waals surface area contributed by atoms with Crippen molar-refractivity contribution in [3.8, 4) is 5.75 Å². The molecule has 0 unspecified atom stereocenters. The molecular weight excluding hydrogens is 711 g/mol. The lowest BCUT2D eigenvalue weighted by atomic mass is 9.91. The zero-order valence-electron chi connectivity index (χ0n) is 30.2. The molecule has 0 spiro atoms. The number of alkyl halides is 2. The second-order valence-corrected chi connectivity index (χ2v) is 16.8. The molecule has 2 aliphatic rings. The summed E-state index contributed by atoms with van der Waals surface area (Å²) in [5, 5.41) is 12.7. The number of likely N-dealkylation sites (tertiary alicyclic amines) is 2. The summed E-state index contributed by atoms with van der Waals surface area (Å²) in [5.41, 5.74) is 2.59. The molecule has 2 saturated heterocycles. The van der Waals surface area contributed by atoms with Crippen molar-refractivity contribution < 1.29 is 41.0 Å². The van der Waals surface area contributed by atoms with Gasteiger partial charge in [-0.3, -0.25) is 5.10 Å². The first kappa shape index (κ1) is 37.5. The van der Waals surface area contributed by atoms with Crippen molar-refractivity contribution in [2.24, 2.45) is 0 Å². The van der Waals surface area contributed by atoms with Crippen LogP contribution in [-0.4, -0.2) is 93.8 Å². The number of carbonyl (C=O) groups excluding carboxylic acids is 2. The Hall–Kier alpha value is -5.25. The molecular formula is C37H42F2N6O7S. The normalized spacial score (nSPS) is 15.5. The maximum Gasteiger partial charge on any atom is 0.410 e. The number of aromatic nitrogens is 4. The van der Waals surface area contributed by atoms with Gasteiger partial charge in [0.2, 0.25) is 0 Å². The highest BCUT2D eigenvalue weighted by Crippen LogP contribution is 2.32. The van der Waals surface area contributed by atoms with E-state index in [0.29, 0.717) is 29.9 Å². The van der Waals surface area contributed by atoms with Crippen LogP contribution >= 0.6 is 0 Å². The van der Waals surface area contributed by atoms with Gasteiger partial charge in [0.05, 0.1) is 28.3 Å². The lowest BCUT2D eigenvalue weighted by Crippen LogP contribution is -2.50. The van der Waals surface area contributed by atoms with E-state index in [-0.39, 0.29) is 28.7 Å². The first-order valence-electron chi connectivity index (χ1n) is 17.0. The first-order chi connectivity index (χ1) is 24.9. The second kappa shape index (κ2) is 14.3. The van der Waals surface area contributed by atoms with Crippen LogP contribution in [0.4, 0.5) is 18.4 Å². The van der Waals surface area contributed by atoms with Gasteiger partial charge in [-0.1, -0.05) is 18.2 Å². The van der Waals surface area contributed by atoms with Crippen molar-refractivity contribution in [2.45, 2.75) is 76.1 Å². The van der Waals surface area contributed by atoms with Gasteiger partial charge in [-0.15, -0.1) is 0 Å². The predicted molar refractivity (Wildman–Crippen MR) is 193 cm³/mol. The summed E-state index contributed by atoms with van der Waals surface area (Å²) in [6, 6.07) is 16.4. The Labute approximate surface area is 305 Å². The molecule has 0 saturated carbocycles. The SMILES string of the molecule is CC(C)(C)OC(=O)N1CC(c2ccc3[nH]ncc3c2)C1.CC(C)(C)OC(=O)N1CC(c2ccc3c(cnn3S(=O)(=O)c3cccc(OC(F)F)c3)c2)C1. The molecule has 2 amide bonds. The van der Waals surface area contributed by atoms with Gasteiger partial charge in [-0.05, 0) is 89.1 Å². The monoisotopic (exact) mass is 752 g/mol. The number of nitrogens with one attached hydrogen (secondary N) is 1. The number of H-pyrrole nitrogens is 1. The summed E-state index contributed by atoms with van der Waals surface area (Å²) in [6.45, 7) is 10.5. The van der Waals surface area contributed by atoms with Crippen molar-refractivity contribution in [3.05, 3.63) is 84.2 Å². The summed E-state index contributed by atoms with van der Waals surface area (Å²) in [5.74, 6) is 0.233. The van der Waals surface area contributed by atoms with Crippen molar-refractivity contribution in [3.63, 3.8) is 0 Å². The van der Waals surface area contributed by atoms with E-state index in [4.69, 9.17) is 9.47 Å². The summed E-state index contributed by atoms with van der Waals surface area (Å²) in [4.78, 5) is 27.2. The number of rotatable bonds is 6. The number of hydrogen-bond acceptors (Lipinski definition) is 9. The lowest BCUT2D eigenvalue weighted by molar-refractivity contribution is -0.0500. The van der Waals surface area contributed by atoms with Crippen LogP contribution in [0.25, 0.3) is 21.8 Å². The minimum atomic E-state index is -4.13. The van der Waals surface area contributed by atoms with Gasteiger partial charge in [0.25, 0.3) is 10.0 Å². The lowest BCUT2D eigenvalue weighted by Gasteiger charge is -2.40. The van der Waals surface area contributed by atoms with Gasteiger partial charge in [-0.2, -0.15) is 31.5 Å². The van der Waals surface area contributed by atoms with Crippen molar-refractivity contribution in [1.29, 1.82) is 0 Å². The molecule has 3 aromatic carbocycles. The first-order valence-corrected chi connectivity index (χ1v) is 18.5. The average Bonchev–Trinajstić information content (AvgIpc) is 3.65. The van der Waals surface area contributed by atoms with Gasteiger partial charge >= 0.3 is 18.8 Å². The zero-order valence-corrected chi connectivity index (χ0v) is 31.1. The number of hydrogen-bond donors (Lipinski definition) is 1. The molecule has 7 rings (SSSR count). The minimum absolute atomic E-state index is 0.102. The van der Waals surface area contributed by atoms with Gasteiger partial charge in [0.15, 0.2) is 0 Å². The topological polar surface area (TPSA) is 149 Å². The Morgan fingerprint density at radius 2 is 1.36 bits per heavy atom. The van der Waals surface area contributed by atoms with Crippen molar-refractivity contribution in [2.75, 3.05) is 26.2 Å². The molecule has 0 atom stereocenters. The molecule has 2 fully saturated rings. The van der Waals surface area contributed by atoms with E-state index in [1.54, 1.807) is 21.9 Å². The van der Waals surface area contributed by atoms with Gasteiger partial charge in [0.1, 0.15) is 17.0 Å². The van der Waals surface area contributed by atoms with Gasteiger partial charge in [-0.25, -0.2) is 9.59 Å². The maximum absolute atomic E-state index is 13.1. The Morgan fingerprint density at radius 1 is 0.792 bits per heavy atom. The van der Waals surface area contributed by atoms with Crippen LogP contribution in [0.1, 0.15) is 64.5 Å². The highest BCUT2D eigenvalue weighted by molar-refractivity contribution is 7.90. The Balaban J connectivity index is 0.000000204. The molecule has 13 nitrogen and oxygen atoms in total. The van der Waals surface area contributed by atoms with E-state index in [2.05, 4.69) is 32.2 Å². The van der Waals surface area contributed by atoms with Crippen LogP contribution in [0, 0.1) is 0 Å². The van der Waals surface area contributed by atoms with E-state index >= 15 is 0 Å². The third kappa shape index (κ3) is 8.70. The van der Waals surface area contributed by atoms with Gasteiger partial charge in [0, 0.05) is 54.9 Å². The number of fused-ring (bicyclic) bond motifs is 2. The minimum Gasteiger partial charge on any atom is -0.444 e. The Kier molecular flexibility index (Phi) is 10.1. The summed E-state index contributed by atoms with van der Waals surface area (Å²) in [6.07, 6.45) is 2.67. The molecule has 0 radical (unpaired) electrons. The molecule has 2 aliphatic heterocycles. The Morgan fingerprint density at radius 3 is 1.92 bits per heavy atom. The number of ether oxygens (including phenoxy) is 3. The molecule has 53 heavy (non-hydrogen) atoms. The van der Waals surface area contributed by atoms with Crippen LogP contribution in [0.3, 0.4) is 0 Å². The van der Waals surface area contributed by atoms with Crippen molar-refractivity contribution in [1.82, 2.24) is 29.2 Å². The summed E-state index contributed by atoms with van der Waals surface area (Å²) < 4.78 is 67.0. The highest BCUT2D eigenvalue weighted by Gasteiger charge is 2.36. The molecule has 2 aromatic heterocycles. The quantitative estimate of drug-likeness (QED) is 0.192. The number of benzene rings is 3. The van der Waals surface area contributed by atoms with Crippen molar-refractivity contribution >= 4 is 44.0 Å². The largest absolute Gasteiger partial charge is 0.444 e. The van der Waals surface area contributed by atoms with E-state index < -0.39 is 27.8 Å². The maximum atomic E-state index is 13.1. The van der Waals surface area contributed by atoms with E-state index in [1.165, 1.54) is 30.0 Å². The third-order valence-electron chi connectivity index (χ3n) is 8.59. The van der Waals surface area contributed by atoms with E-state index in [9.17, 15) is 26.8 Å². The molecule has 5 aromatic rings. The molecule has 4 heterocycles. The number of halogens is 2. The fourth-order valence-corrected chi connectivity index (χ4v) is 7.24. The van der Waals surface area contributed by atoms with E-state index in [0.717, 1.165) is 39.7 Å². The zero-order chi connectivity index (χ0) is 38.3. The molecule has 282 valence electrons. The van der Waals surface area contributed by atoms with Crippen LogP contribution in [0.5, 0.6) is 5.75 Å². The fraction of sp³-hybridized carbons (Fsp3) is 0.405. The molecule has 16 heteroatoms. The number of carbonyl (C=O) groups is 2. The number of nitrogens with zero attached hydrogens (tertiary/aromatic N) is 5. The summed E-state index contributed by atoms with van der Waals surface area (Å²) in [7, 11) is -4.13. The molecule has 1 N–H and O–H groups in total. The molecule has 0 aliphatic carbocycles.